The third-order valence-corrected chi connectivity index (χ3v) is 2.35. The molecule has 92 valence electrons. The lowest BCUT2D eigenvalue weighted by atomic mass is 10.2. The molecule has 0 bridgehead atoms. The summed E-state index contributed by atoms with van der Waals surface area (Å²) in [7, 11) is 0. The largest absolute Gasteiger partial charge is 0.348 e. The van der Waals surface area contributed by atoms with Gasteiger partial charge in [-0.2, -0.15) is 0 Å². The van der Waals surface area contributed by atoms with Crippen LogP contribution in [0.15, 0.2) is 42.7 Å². The van der Waals surface area contributed by atoms with Crippen LogP contribution in [0.5, 0.6) is 0 Å². The molecule has 18 heavy (non-hydrogen) atoms. The molecular formula is C13H10F2N2O. The molecule has 0 unspecified atom stereocenters. The number of rotatable bonds is 3. The van der Waals surface area contributed by atoms with E-state index in [-0.39, 0.29) is 12.1 Å². The van der Waals surface area contributed by atoms with E-state index in [1.165, 1.54) is 0 Å². The third kappa shape index (κ3) is 2.88. The molecule has 3 nitrogen and oxygen atoms in total. The maximum Gasteiger partial charge on any atom is 0.254 e. The van der Waals surface area contributed by atoms with E-state index >= 15 is 0 Å². The Bertz CT molecular complexity index is 558. The van der Waals surface area contributed by atoms with Gasteiger partial charge in [-0.3, -0.25) is 9.78 Å². The summed E-state index contributed by atoms with van der Waals surface area (Å²) in [6.07, 6.45) is 3.21. The van der Waals surface area contributed by atoms with Crippen molar-refractivity contribution in [2.24, 2.45) is 0 Å². The fraction of sp³-hybridized carbons (Fsp3) is 0.0769. The molecule has 0 aliphatic heterocycles. The molecule has 1 aromatic carbocycles. The summed E-state index contributed by atoms with van der Waals surface area (Å²) in [5.74, 6) is -2.17. The molecule has 0 spiro atoms. The minimum atomic E-state index is -0.876. The van der Waals surface area contributed by atoms with Gasteiger partial charge in [-0.25, -0.2) is 8.78 Å². The molecule has 0 radical (unpaired) electrons. The SMILES string of the molecule is O=C(NCc1cccnc1)c1ccc(F)cc1F. The first-order valence-corrected chi connectivity index (χ1v) is 5.29. The van der Waals surface area contributed by atoms with Crippen LogP contribution in [0, 0.1) is 11.6 Å². The van der Waals surface area contributed by atoms with Crippen molar-refractivity contribution >= 4 is 5.91 Å². The predicted molar refractivity (Wildman–Crippen MR) is 61.8 cm³/mol. The zero-order chi connectivity index (χ0) is 13.0. The molecule has 0 aliphatic carbocycles. The van der Waals surface area contributed by atoms with Crippen LogP contribution in [0.2, 0.25) is 0 Å². The summed E-state index contributed by atoms with van der Waals surface area (Å²) in [4.78, 5) is 15.5. The van der Waals surface area contributed by atoms with E-state index in [2.05, 4.69) is 10.3 Å². The molecule has 1 aromatic heterocycles. The minimum absolute atomic E-state index is 0.180. The van der Waals surface area contributed by atoms with Crippen LogP contribution in [0.4, 0.5) is 8.78 Å². The zero-order valence-corrected chi connectivity index (χ0v) is 9.36. The number of amides is 1. The summed E-state index contributed by atoms with van der Waals surface area (Å²) < 4.78 is 26.0. The summed E-state index contributed by atoms with van der Waals surface area (Å²) in [5.41, 5.74) is 0.619. The average Bonchev–Trinajstić information content (AvgIpc) is 2.37. The van der Waals surface area contributed by atoms with Crippen molar-refractivity contribution in [3.05, 3.63) is 65.5 Å². The number of nitrogens with one attached hydrogen (secondary N) is 1. The first-order valence-electron chi connectivity index (χ1n) is 5.29. The van der Waals surface area contributed by atoms with Crippen molar-refractivity contribution in [2.45, 2.75) is 6.54 Å². The van der Waals surface area contributed by atoms with E-state index in [1.807, 2.05) is 0 Å². The number of nitrogens with zero attached hydrogens (tertiary/aromatic N) is 1. The Morgan fingerprint density at radius 2 is 2.11 bits per heavy atom. The fourth-order valence-corrected chi connectivity index (χ4v) is 1.45. The van der Waals surface area contributed by atoms with E-state index < -0.39 is 17.5 Å². The lowest BCUT2D eigenvalue weighted by molar-refractivity contribution is 0.0947. The second kappa shape index (κ2) is 5.35. The number of benzene rings is 1. The molecule has 0 fully saturated rings. The van der Waals surface area contributed by atoms with Crippen molar-refractivity contribution in [3.8, 4) is 0 Å². The zero-order valence-electron chi connectivity index (χ0n) is 9.36. The van der Waals surface area contributed by atoms with Crippen molar-refractivity contribution in [1.82, 2.24) is 10.3 Å². The van der Waals surface area contributed by atoms with Gasteiger partial charge in [0.05, 0.1) is 5.56 Å². The molecule has 5 heteroatoms. The number of carbonyl (C=O) groups excluding carboxylic acids is 1. The van der Waals surface area contributed by atoms with E-state index in [0.717, 1.165) is 17.7 Å². The van der Waals surface area contributed by atoms with Gasteiger partial charge >= 0.3 is 0 Å². The number of carbonyl (C=O) groups is 1. The number of hydrogen-bond acceptors (Lipinski definition) is 2. The highest BCUT2D eigenvalue weighted by atomic mass is 19.1. The van der Waals surface area contributed by atoms with Gasteiger partial charge in [0.15, 0.2) is 0 Å². The van der Waals surface area contributed by atoms with Crippen molar-refractivity contribution in [1.29, 1.82) is 0 Å². The van der Waals surface area contributed by atoms with Gasteiger partial charge < -0.3 is 5.32 Å². The summed E-state index contributed by atoms with van der Waals surface area (Å²) in [5, 5.41) is 2.53. The molecule has 2 rings (SSSR count). The Morgan fingerprint density at radius 3 is 2.78 bits per heavy atom. The van der Waals surface area contributed by atoms with Gasteiger partial charge in [-0.05, 0) is 23.8 Å². The van der Waals surface area contributed by atoms with Crippen LogP contribution in [0.1, 0.15) is 15.9 Å². The quantitative estimate of drug-likeness (QED) is 0.905. The van der Waals surface area contributed by atoms with Gasteiger partial charge in [0.1, 0.15) is 11.6 Å². The normalized spacial score (nSPS) is 10.1. The first kappa shape index (κ1) is 12.2. The Morgan fingerprint density at radius 1 is 1.28 bits per heavy atom. The molecule has 0 atom stereocenters. The molecule has 2 aromatic rings. The van der Waals surface area contributed by atoms with Crippen LogP contribution in [-0.4, -0.2) is 10.9 Å². The van der Waals surface area contributed by atoms with Gasteiger partial charge in [0.25, 0.3) is 5.91 Å². The number of aromatic nitrogens is 1. The Hall–Kier alpha value is -2.30. The van der Waals surface area contributed by atoms with E-state index in [0.29, 0.717) is 6.07 Å². The van der Waals surface area contributed by atoms with Gasteiger partial charge in [-0.15, -0.1) is 0 Å². The maximum atomic E-state index is 13.3. The molecular weight excluding hydrogens is 238 g/mol. The van der Waals surface area contributed by atoms with Gasteiger partial charge in [0, 0.05) is 25.0 Å². The fourth-order valence-electron chi connectivity index (χ4n) is 1.45. The minimum Gasteiger partial charge on any atom is -0.348 e. The van der Waals surface area contributed by atoms with Gasteiger partial charge in [-0.1, -0.05) is 6.07 Å². The van der Waals surface area contributed by atoms with E-state index in [1.54, 1.807) is 24.5 Å². The Labute approximate surface area is 102 Å². The lowest BCUT2D eigenvalue weighted by Gasteiger charge is -2.05. The second-order valence-corrected chi connectivity index (χ2v) is 3.67. The first-order chi connectivity index (χ1) is 8.66. The summed E-state index contributed by atoms with van der Waals surface area (Å²) in [6, 6.07) is 6.36. The molecule has 0 saturated carbocycles. The number of pyridine rings is 1. The highest BCUT2D eigenvalue weighted by Crippen LogP contribution is 2.09. The predicted octanol–water partition coefficient (Wildman–Crippen LogP) is 2.29. The highest BCUT2D eigenvalue weighted by Gasteiger charge is 2.11. The van der Waals surface area contributed by atoms with Crippen LogP contribution >= 0.6 is 0 Å². The molecule has 1 amide bonds. The van der Waals surface area contributed by atoms with Crippen molar-refractivity contribution in [2.75, 3.05) is 0 Å². The monoisotopic (exact) mass is 248 g/mol. The standard InChI is InChI=1S/C13H10F2N2O/c14-10-3-4-11(12(15)6-10)13(18)17-8-9-2-1-5-16-7-9/h1-7H,8H2,(H,17,18). The molecule has 0 aliphatic rings. The third-order valence-electron chi connectivity index (χ3n) is 2.35. The topological polar surface area (TPSA) is 42.0 Å². The second-order valence-electron chi connectivity index (χ2n) is 3.67. The van der Waals surface area contributed by atoms with Gasteiger partial charge in [0.2, 0.25) is 0 Å². The van der Waals surface area contributed by atoms with Crippen molar-refractivity contribution in [3.63, 3.8) is 0 Å². The van der Waals surface area contributed by atoms with Crippen LogP contribution < -0.4 is 5.32 Å². The maximum absolute atomic E-state index is 13.3. The Kier molecular flexibility index (Phi) is 3.62. The van der Waals surface area contributed by atoms with E-state index in [9.17, 15) is 13.6 Å². The highest BCUT2D eigenvalue weighted by molar-refractivity contribution is 5.94. The number of halogens is 2. The van der Waals surface area contributed by atoms with Crippen LogP contribution in [0.3, 0.4) is 0 Å². The lowest BCUT2D eigenvalue weighted by Crippen LogP contribution is -2.23. The molecule has 1 heterocycles. The van der Waals surface area contributed by atoms with Crippen LogP contribution in [-0.2, 0) is 6.54 Å². The molecule has 0 saturated heterocycles. The van der Waals surface area contributed by atoms with Crippen LogP contribution in [0.25, 0.3) is 0 Å². The number of hydrogen-bond donors (Lipinski definition) is 1. The average molecular weight is 248 g/mol. The molecule has 1 N–H and O–H groups in total. The summed E-state index contributed by atoms with van der Waals surface area (Å²) >= 11 is 0. The van der Waals surface area contributed by atoms with E-state index in [4.69, 9.17) is 0 Å². The Balaban J connectivity index is 2.04. The van der Waals surface area contributed by atoms with Crippen molar-refractivity contribution < 1.29 is 13.6 Å². The smallest absolute Gasteiger partial charge is 0.254 e. The summed E-state index contributed by atoms with van der Waals surface area (Å²) in [6.45, 7) is 0.240.